The summed E-state index contributed by atoms with van der Waals surface area (Å²) in [5.41, 5.74) is 5.93. The minimum Gasteiger partial charge on any atom is -0.341 e. The second-order valence-corrected chi connectivity index (χ2v) is 3.93. The molecule has 1 amide bonds. The van der Waals surface area contributed by atoms with Crippen LogP contribution in [0.5, 0.6) is 0 Å². The number of carbonyl (C=O) groups excluding carboxylic acids is 1. The monoisotopic (exact) mass is 249 g/mol. The molecule has 15 heavy (non-hydrogen) atoms. The molecule has 86 valence electrons. The Morgan fingerprint density at radius 3 is 2.87 bits per heavy atom. The molecule has 0 aliphatic carbocycles. The SMILES string of the molecule is CCN(C)C(=O)c1csc(CCN)n1.Cl. The van der Waals surface area contributed by atoms with Crippen LogP contribution in [0.1, 0.15) is 22.4 Å². The fraction of sp³-hybridized carbons (Fsp3) is 0.556. The van der Waals surface area contributed by atoms with Crippen molar-refractivity contribution in [2.24, 2.45) is 5.73 Å². The van der Waals surface area contributed by atoms with Gasteiger partial charge < -0.3 is 10.6 Å². The molecule has 1 aromatic rings. The first kappa shape index (κ1) is 14.3. The maximum Gasteiger partial charge on any atom is 0.273 e. The van der Waals surface area contributed by atoms with Gasteiger partial charge in [0.15, 0.2) is 0 Å². The van der Waals surface area contributed by atoms with E-state index in [1.54, 1.807) is 17.3 Å². The van der Waals surface area contributed by atoms with Crippen LogP contribution >= 0.6 is 23.7 Å². The summed E-state index contributed by atoms with van der Waals surface area (Å²) in [5, 5.41) is 2.72. The van der Waals surface area contributed by atoms with Gasteiger partial charge in [-0.1, -0.05) is 0 Å². The van der Waals surface area contributed by atoms with Crippen LogP contribution < -0.4 is 5.73 Å². The van der Waals surface area contributed by atoms with Gasteiger partial charge in [0, 0.05) is 25.4 Å². The van der Waals surface area contributed by atoms with Gasteiger partial charge in [0.05, 0.1) is 5.01 Å². The van der Waals surface area contributed by atoms with Crippen LogP contribution in [0.2, 0.25) is 0 Å². The molecular formula is C9H16ClN3OS. The third-order valence-corrected chi connectivity index (χ3v) is 2.86. The Kier molecular flexibility index (Phi) is 6.47. The standard InChI is InChI=1S/C9H15N3OS.ClH/c1-3-12(2)9(13)7-6-14-8(11-7)4-5-10;/h6H,3-5,10H2,1-2H3;1H. The predicted molar refractivity (Wildman–Crippen MR) is 64.8 cm³/mol. The third kappa shape index (κ3) is 3.77. The number of nitrogens with zero attached hydrogens (tertiary/aromatic N) is 2. The van der Waals surface area contributed by atoms with Crippen molar-refractivity contribution in [2.75, 3.05) is 20.1 Å². The van der Waals surface area contributed by atoms with Crippen molar-refractivity contribution in [3.05, 3.63) is 16.1 Å². The molecule has 0 bridgehead atoms. The van der Waals surface area contributed by atoms with Crippen molar-refractivity contribution in [1.82, 2.24) is 9.88 Å². The summed E-state index contributed by atoms with van der Waals surface area (Å²) in [6.07, 6.45) is 0.744. The van der Waals surface area contributed by atoms with E-state index in [2.05, 4.69) is 4.98 Å². The Morgan fingerprint density at radius 1 is 1.67 bits per heavy atom. The van der Waals surface area contributed by atoms with Gasteiger partial charge in [-0.2, -0.15) is 0 Å². The maximum absolute atomic E-state index is 11.6. The van der Waals surface area contributed by atoms with E-state index in [1.807, 2.05) is 6.92 Å². The van der Waals surface area contributed by atoms with Crippen LogP contribution in [-0.2, 0) is 6.42 Å². The number of amides is 1. The lowest BCUT2D eigenvalue weighted by molar-refractivity contribution is 0.0797. The van der Waals surface area contributed by atoms with E-state index in [9.17, 15) is 4.79 Å². The maximum atomic E-state index is 11.6. The van der Waals surface area contributed by atoms with Crippen molar-refractivity contribution in [2.45, 2.75) is 13.3 Å². The zero-order chi connectivity index (χ0) is 10.6. The summed E-state index contributed by atoms with van der Waals surface area (Å²) in [4.78, 5) is 17.5. The van der Waals surface area contributed by atoms with Gasteiger partial charge in [0.25, 0.3) is 5.91 Å². The molecule has 0 fully saturated rings. The van der Waals surface area contributed by atoms with E-state index >= 15 is 0 Å². The number of halogens is 1. The molecule has 1 aromatic heterocycles. The number of hydrogen-bond donors (Lipinski definition) is 1. The Balaban J connectivity index is 0.00000196. The number of nitrogens with two attached hydrogens (primary N) is 1. The zero-order valence-electron chi connectivity index (χ0n) is 8.90. The molecular weight excluding hydrogens is 234 g/mol. The molecule has 0 spiro atoms. The van der Waals surface area contributed by atoms with Crippen molar-refractivity contribution in [3.63, 3.8) is 0 Å². The third-order valence-electron chi connectivity index (χ3n) is 1.95. The highest BCUT2D eigenvalue weighted by atomic mass is 35.5. The minimum absolute atomic E-state index is 0. The Hall–Kier alpha value is -0.650. The van der Waals surface area contributed by atoms with Crippen LogP contribution in [-0.4, -0.2) is 35.9 Å². The predicted octanol–water partition coefficient (Wildman–Crippen LogP) is 1.16. The minimum atomic E-state index is -0.0213. The largest absolute Gasteiger partial charge is 0.341 e. The number of thiazole rings is 1. The first-order valence-electron chi connectivity index (χ1n) is 4.59. The summed E-state index contributed by atoms with van der Waals surface area (Å²) >= 11 is 1.49. The average molecular weight is 250 g/mol. The molecule has 0 unspecified atom stereocenters. The average Bonchev–Trinajstić information content (AvgIpc) is 2.64. The lowest BCUT2D eigenvalue weighted by Gasteiger charge is -2.11. The van der Waals surface area contributed by atoms with Gasteiger partial charge in [0.1, 0.15) is 5.69 Å². The highest BCUT2D eigenvalue weighted by molar-refractivity contribution is 7.09. The van der Waals surface area contributed by atoms with Crippen LogP contribution in [0.4, 0.5) is 0 Å². The van der Waals surface area contributed by atoms with Crippen molar-refractivity contribution < 1.29 is 4.79 Å². The van der Waals surface area contributed by atoms with E-state index < -0.39 is 0 Å². The highest BCUT2D eigenvalue weighted by Crippen LogP contribution is 2.11. The fourth-order valence-corrected chi connectivity index (χ4v) is 1.77. The molecule has 1 rings (SSSR count). The molecule has 0 aromatic carbocycles. The summed E-state index contributed by atoms with van der Waals surface area (Å²) < 4.78 is 0. The van der Waals surface area contributed by atoms with Gasteiger partial charge in [-0.15, -0.1) is 23.7 Å². The quantitative estimate of drug-likeness (QED) is 0.871. The van der Waals surface area contributed by atoms with E-state index in [1.165, 1.54) is 11.3 Å². The smallest absolute Gasteiger partial charge is 0.273 e. The van der Waals surface area contributed by atoms with Gasteiger partial charge in [0.2, 0.25) is 0 Å². The van der Waals surface area contributed by atoms with Crippen molar-refractivity contribution in [1.29, 1.82) is 0 Å². The number of carbonyl (C=O) groups is 1. The van der Waals surface area contributed by atoms with Crippen molar-refractivity contribution >= 4 is 29.7 Å². The van der Waals surface area contributed by atoms with Crippen LogP contribution in [0.15, 0.2) is 5.38 Å². The van der Waals surface area contributed by atoms with E-state index in [0.29, 0.717) is 18.8 Å². The molecule has 2 N–H and O–H groups in total. The van der Waals surface area contributed by atoms with Gasteiger partial charge >= 0.3 is 0 Å². The van der Waals surface area contributed by atoms with Crippen molar-refractivity contribution in [3.8, 4) is 0 Å². The topological polar surface area (TPSA) is 59.2 Å². The first-order valence-corrected chi connectivity index (χ1v) is 5.47. The second-order valence-electron chi connectivity index (χ2n) is 2.98. The molecule has 0 saturated carbocycles. The Bertz CT molecular complexity index is 316. The molecule has 0 atom stereocenters. The molecule has 0 radical (unpaired) electrons. The fourth-order valence-electron chi connectivity index (χ4n) is 0.987. The van der Waals surface area contributed by atoms with Gasteiger partial charge in [-0.25, -0.2) is 4.98 Å². The molecule has 0 saturated heterocycles. The van der Waals surface area contributed by atoms with E-state index in [-0.39, 0.29) is 18.3 Å². The number of rotatable bonds is 4. The Labute approximate surface area is 99.9 Å². The molecule has 4 nitrogen and oxygen atoms in total. The van der Waals surface area contributed by atoms with E-state index in [0.717, 1.165) is 11.4 Å². The van der Waals surface area contributed by atoms with Crippen LogP contribution in [0, 0.1) is 0 Å². The summed E-state index contributed by atoms with van der Waals surface area (Å²) in [5.74, 6) is -0.0213. The normalized spacial score (nSPS) is 9.53. The number of hydrogen-bond acceptors (Lipinski definition) is 4. The lowest BCUT2D eigenvalue weighted by Crippen LogP contribution is -2.26. The lowest BCUT2D eigenvalue weighted by atomic mass is 10.4. The summed E-state index contributed by atoms with van der Waals surface area (Å²) in [6, 6.07) is 0. The van der Waals surface area contributed by atoms with Gasteiger partial charge in [-0.05, 0) is 13.5 Å². The number of aromatic nitrogens is 1. The van der Waals surface area contributed by atoms with Crippen LogP contribution in [0.25, 0.3) is 0 Å². The Morgan fingerprint density at radius 2 is 2.33 bits per heavy atom. The molecule has 0 aliphatic heterocycles. The van der Waals surface area contributed by atoms with Gasteiger partial charge in [-0.3, -0.25) is 4.79 Å². The highest BCUT2D eigenvalue weighted by Gasteiger charge is 2.13. The first-order chi connectivity index (χ1) is 6.69. The van der Waals surface area contributed by atoms with E-state index in [4.69, 9.17) is 5.73 Å². The second kappa shape index (κ2) is 6.76. The van der Waals surface area contributed by atoms with Crippen LogP contribution in [0.3, 0.4) is 0 Å². The summed E-state index contributed by atoms with van der Waals surface area (Å²) in [6.45, 7) is 3.21. The zero-order valence-corrected chi connectivity index (χ0v) is 10.5. The molecule has 0 aliphatic rings. The molecule has 6 heteroatoms. The molecule has 1 heterocycles. The summed E-state index contributed by atoms with van der Waals surface area (Å²) in [7, 11) is 1.77.